The lowest BCUT2D eigenvalue weighted by Crippen LogP contribution is -2.45. The molecule has 4 nitrogen and oxygen atoms in total. The Kier molecular flexibility index (Phi) is 4.52. The maximum atomic E-state index is 13.0. The van der Waals surface area contributed by atoms with E-state index < -0.39 is 5.97 Å². The second-order valence-corrected chi connectivity index (χ2v) is 9.67. The molecule has 6 atom stereocenters. The van der Waals surface area contributed by atoms with Crippen LogP contribution in [0.3, 0.4) is 0 Å². The summed E-state index contributed by atoms with van der Waals surface area (Å²) < 4.78 is 5.04. The van der Waals surface area contributed by atoms with E-state index in [0.717, 1.165) is 25.7 Å². The van der Waals surface area contributed by atoms with E-state index >= 15 is 0 Å². The van der Waals surface area contributed by atoms with Crippen LogP contribution < -0.4 is 0 Å². The molecule has 0 saturated heterocycles. The SMILES string of the molecule is CC(=O)OCC(=O)[C@H]1[C@H](C)C[C@@H]2[C@@H]3CCC4=CC(=O)C=C[C@]4(C)C3=CC[C@@]21C. The second kappa shape index (κ2) is 6.53. The predicted molar refractivity (Wildman–Crippen MR) is 106 cm³/mol. The summed E-state index contributed by atoms with van der Waals surface area (Å²) >= 11 is 0. The Hall–Kier alpha value is -1.97. The number of ether oxygens (including phenoxy) is 1. The van der Waals surface area contributed by atoms with E-state index in [1.807, 2.05) is 6.08 Å². The first-order chi connectivity index (χ1) is 13.2. The van der Waals surface area contributed by atoms with Gasteiger partial charge < -0.3 is 4.74 Å². The van der Waals surface area contributed by atoms with Gasteiger partial charge in [0.05, 0.1) is 0 Å². The van der Waals surface area contributed by atoms with Gasteiger partial charge in [-0.2, -0.15) is 0 Å². The molecule has 0 aromatic heterocycles. The lowest BCUT2D eigenvalue weighted by atomic mass is 9.52. The van der Waals surface area contributed by atoms with Crippen molar-refractivity contribution < 1.29 is 19.1 Å². The van der Waals surface area contributed by atoms with Crippen molar-refractivity contribution in [1.29, 1.82) is 0 Å². The number of hydrogen-bond acceptors (Lipinski definition) is 4. The van der Waals surface area contributed by atoms with Crippen LogP contribution in [-0.2, 0) is 19.1 Å². The molecular weight excluding hydrogens is 352 g/mol. The number of rotatable bonds is 3. The van der Waals surface area contributed by atoms with Gasteiger partial charge in [-0.15, -0.1) is 0 Å². The molecule has 0 N–H and O–H groups in total. The molecule has 4 aliphatic rings. The summed E-state index contributed by atoms with van der Waals surface area (Å²) in [6, 6.07) is 0. The Morgan fingerprint density at radius 1 is 1.29 bits per heavy atom. The zero-order chi connectivity index (χ0) is 20.3. The van der Waals surface area contributed by atoms with Crippen molar-refractivity contribution in [2.24, 2.45) is 34.5 Å². The van der Waals surface area contributed by atoms with E-state index in [1.165, 1.54) is 18.1 Å². The van der Waals surface area contributed by atoms with Crippen LogP contribution in [0.4, 0.5) is 0 Å². The fourth-order valence-electron chi connectivity index (χ4n) is 6.84. The minimum Gasteiger partial charge on any atom is -0.458 e. The van der Waals surface area contributed by atoms with Gasteiger partial charge in [0.1, 0.15) is 6.61 Å². The standard InChI is InChI=1S/C24H30O4/c1-14-11-20-18-6-5-16-12-17(26)7-9-23(16,3)19(18)8-10-24(20,4)22(14)21(27)13-28-15(2)25/h7-9,12,14,18,20,22H,5-6,10-11,13H2,1-4H3/t14-,18-,20-,22-,23+,24+/m1/s1. The quantitative estimate of drug-likeness (QED) is 0.542. The Balaban J connectivity index is 1.66. The molecule has 4 rings (SSSR count). The monoisotopic (exact) mass is 382 g/mol. The highest BCUT2D eigenvalue weighted by molar-refractivity contribution is 6.01. The van der Waals surface area contributed by atoms with Gasteiger partial charge in [-0.1, -0.05) is 37.1 Å². The maximum absolute atomic E-state index is 13.0. The van der Waals surface area contributed by atoms with Crippen molar-refractivity contribution in [3.63, 3.8) is 0 Å². The largest absolute Gasteiger partial charge is 0.458 e. The Morgan fingerprint density at radius 3 is 2.75 bits per heavy atom. The fraction of sp³-hybridized carbons (Fsp3) is 0.625. The molecule has 0 unspecified atom stereocenters. The number of carbonyl (C=O) groups excluding carboxylic acids is 3. The number of hydrogen-bond donors (Lipinski definition) is 0. The molecule has 0 heterocycles. The second-order valence-electron chi connectivity index (χ2n) is 9.67. The molecule has 0 bridgehead atoms. The Bertz CT molecular complexity index is 832. The van der Waals surface area contributed by atoms with Crippen LogP contribution >= 0.6 is 0 Å². The van der Waals surface area contributed by atoms with Crippen LogP contribution in [0.5, 0.6) is 0 Å². The zero-order valence-electron chi connectivity index (χ0n) is 17.3. The van der Waals surface area contributed by atoms with Gasteiger partial charge in [0.25, 0.3) is 0 Å². The lowest BCUT2D eigenvalue weighted by Gasteiger charge is -2.52. The minimum absolute atomic E-state index is 0.0651. The van der Waals surface area contributed by atoms with Crippen molar-refractivity contribution in [2.45, 2.75) is 53.4 Å². The maximum Gasteiger partial charge on any atom is 0.303 e. The summed E-state index contributed by atoms with van der Waals surface area (Å²) in [4.78, 5) is 36.0. The Labute approximate surface area is 167 Å². The summed E-state index contributed by atoms with van der Waals surface area (Å²) in [5, 5.41) is 0. The van der Waals surface area contributed by atoms with E-state index in [-0.39, 0.29) is 34.9 Å². The number of allylic oxidation sites excluding steroid dienone is 6. The molecular formula is C24H30O4. The summed E-state index contributed by atoms with van der Waals surface area (Å²) in [6.45, 7) is 7.92. The molecule has 4 aliphatic carbocycles. The number of Topliss-reactive ketones (excluding diaryl/α,β-unsaturated/α-hetero) is 1. The lowest BCUT2D eigenvalue weighted by molar-refractivity contribution is -0.148. The van der Waals surface area contributed by atoms with Gasteiger partial charge in [0, 0.05) is 18.3 Å². The minimum atomic E-state index is -0.398. The van der Waals surface area contributed by atoms with Gasteiger partial charge in [-0.05, 0) is 67.9 Å². The third kappa shape index (κ3) is 2.75. The summed E-state index contributed by atoms with van der Waals surface area (Å²) in [7, 11) is 0. The van der Waals surface area contributed by atoms with Crippen LogP contribution in [0, 0.1) is 34.5 Å². The Morgan fingerprint density at radius 2 is 2.04 bits per heavy atom. The van der Waals surface area contributed by atoms with Crippen molar-refractivity contribution in [1.82, 2.24) is 0 Å². The smallest absolute Gasteiger partial charge is 0.303 e. The van der Waals surface area contributed by atoms with E-state index in [0.29, 0.717) is 17.8 Å². The van der Waals surface area contributed by atoms with Crippen molar-refractivity contribution >= 4 is 17.5 Å². The molecule has 2 fully saturated rings. The van der Waals surface area contributed by atoms with Crippen LogP contribution in [0.1, 0.15) is 53.4 Å². The number of esters is 1. The van der Waals surface area contributed by atoms with Crippen LogP contribution in [0.15, 0.2) is 35.5 Å². The molecule has 150 valence electrons. The third-order valence-corrected chi connectivity index (χ3v) is 8.05. The van der Waals surface area contributed by atoms with Crippen LogP contribution in [0.2, 0.25) is 0 Å². The van der Waals surface area contributed by atoms with Crippen molar-refractivity contribution in [3.8, 4) is 0 Å². The molecule has 0 radical (unpaired) electrons. The van der Waals surface area contributed by atoms with Gasteiger partial charge in [-0.25, -0.2) is 0 Å². The molecule has 4 heteroatoms. The third-order valence-electron chi connectivity index (χ3n) is 8.05. The van der Waals surface area contributed by atoms with E-state index in [9.17, 15) is 14.4 Å². The van der Waals surface area contributed by atoms with Gasteiger partial charge in [0.2, 0.25) is 0 Å². The van der Waals surface area contributed by atoms with Crippen molar-refractivity contribution in [3.05, 3.63) is 35.5 Å². The highest BCUT2D eigenvalue weighted by atomic mass is 16.5. The van der Waals surface area contributed by atoms with Gasteiger partial charge in [-0.3, -0.25) is 14.4 Å². The van der Waals surface area contributed by atoms with Crippen molar-refractivity contribution in [2.75, 3.05) is 6.61 Å². The summed E-state index contributed by atoms with van der Waals surface area (Å²) in [5.41, 5.74) is 2.44. The summed E-state index contributed by atoms with van der Waals surface area (Å²) in [6.07, 6.45) is 11.9. The number of carbonyl (C=O) groups is 3. The van der Waals surface area contributed by atoms with Crippen LogP contribution in [0.25, 0.3) is 0 Å². The molecule has 0 aromatic carbocycles. The highest BCUT2D eigenvalue weighted by Gasteiger charge is 2.59. The predicted octanol–water partition coefficient (Wildman–Crippen LogP) is 4.21. The fourth-order valence-corrected chi connectivity index (χ4v) is 6.84. The van der Waals surface area contributed by atoms with E-state index in [1.54, 1.807) is 6.08 Å². The molecule has 0 amide bonds. The normalized spacial score (nSPS) is 41.4. The average Bonchev–Trinajstić information content (AvgIpc) is 2.90. The van der Waals surface area contributed by atoms with Gasteiger partial charge >= 0.3 is 5.97 Å². The number of ketones is 2. The molecule has 0 aliphatic heterocycles. The van der Waals surface area contributed by atoms with Gasteiger partial charge in [0.15, 0.2) is 11.6 Å². The molecule has 28 heavy (non-hydrogen) atoms. The first-order valence-electron chi connectivity index (χ1n) is 10.5. The zero-order valence-corrected chi connectivity index (χ0v) is 17.3. The van der Waals surface area contributed by atoms with E-state index in [4.69, 9.17) is 4.74 Å². The molecule has 0 spiro atoms. The number of fused-ring (bicyclic) bond motifs is 5. The highest BCUT2D eigenvalue weighted by Crippen LogP contribution is 2.65. The van der Waals surface area contributed by atoms with E-state index in [2.05, 4.69) is 32.9 Å². The van der Waals surface area contributed by atoms with Crippen LogP contribution in [-0.4, -0.2) is 24.1 Å². The molecule has 0 aromatic rings. The topological polar surface area (TPSA) is 60.4 Å². The first-order valence-corrected chi connectivity index (χ1v) is 10.5. The molecule has 2 saturated carbocycles. The summed E-state index contributed by atoms with van der Waals surface area (Å²) in [5.74, 6) is 0.894. The average molecular weight is 383 g/mol. The first kappa shape index (κ1) is 19.4.